The number of aromatic nitrogens is 4. The molecule has 0 spiro atoms. The van der Waals surface area contributed by atoms with Crippen molar-refractivity contribution in [1.82, 2.24) is 24.8 Å². The van der Waals surface area contributed by atoms with Gasteiger partial charge in [0.25, 0.3) is 5.91 Å². The summed E-state index contributed by atoms with van der Waals surface area (Å²) < 4.78 is 11.9. The first-order chi connectivity index (χ1) is 22.1. The minimum absolute atomic E-state index is 0.240. The van der Waals surface area contributed by atoms with E-state index in [-0.39, 0.29) is 5.91 Å². The van der Waals surface area contributed by atoms with Crippen molar-refractivity contribution >= 4 is 11.6 Å². The number of anilines is 1. The van der Waals surface area contributed by atoms with Crippen LogP contribution in [-0.4, -0.2) is 57.5 Å². The highest BCUT2D eigenvalue weighted by molar-refractivity contribution is 6.05. The molecule has 1 aliphatic heterocycles. The number of aryl methyl sites for hydroxylation is 2. The number of likely N-dealkylation sites (tertiary alicyclic amines) is 1. The largest absolute Gasteiger partial charge is 0.495 e. The molecule has 0 bridgehead atoms. The first-order valence-corrected chi connectivity index (χ1v) is 16.2. The molecule has 3 heterocycles. The predicted octanol–water partition coefficient (Wildman–Crippen LogP) is 7.37. The van der Waals surface area contributed by atoms with Crippen LogP contribution in [0.1, 0.15) is 84.6 Å². The molecule has 6 rings (SSSR count). The topological polar surface area (TPSA) is 102 Å². The van der Waals surface area contributed by atoms with Gasteiger partial charge in [-0.15, -0.1) is 0 Å². The first-order valence-electron chi connectivity index (χ1n) is 16.2. The number of benzene rings is 2. The number of amides is 1. The van der Waals surface area contributed by atoms with E-state index in [9.17, 15) is 4.79 Å². The second-order valence-corrected chi connectivity index (χ2v) is 12.1. The van der Waals surface area contributed by atoms with E-state index < -0.39 is 0 Å². The lowest BCUT2D eigenvalue weighted by Crippen LogP contribution is -2.21. The highest BCUT2D eigenvalue weighted by Crippen LogP contribution is 2.37. The molecule has 4 aromatic rings. The van der Waals surface area contributed by atoms with E-state index >= 15 is 0 Å². The molecule has 2 fully saturated rings. The second kappa shape index (κ2) is 14.6. The Labute approximate surface area is 265 Å². The van der Waals surface area contributed by atoms with E-state index in [1.165, 1.54) is 63.6 Å². The molecule has 1 aliphatic carbocycles. The summed E-state index contributed by atoms with van der Waals surface area (Å²) in [5.41, 5.74) is 3.93. The summed E-state index contributed by atoms with van der Waals surface area (Å²) in [5.74, 6) is 3.09. The summed E-state index contributed by atoms with van der Waals surface area (Å²) in [6.07, 6.45) is 13.7. The van der Waals surface area contributed by atoms with E-state index in [1.54, 1.807) is 31.8 Å². The van der Waals surface area contributed by atoms with E-state index in [4.69, 9.17) is 14.5 Å². The number of hydrogen-bond donors (Lipinski definition) is 1. The number of hydrogen-bond acceptors (Lipinski definition) is 8. The fraction of sp³-hybridized carbons (Fsp3) is 0.417. The third kappa shape index (κ3) is 7.65. The maximum absolute atomic E-state index is 13.5. The molecule has 2 aromatic heterocycles. The monoisotopic (exact) mass is 606 g/mol. The molecule has 2 aliphatic rings. The SMILES string of the molecule is COc1ccc(C2CCCCC2)cc1NC(=O)c1ccc(C)c(Oc2ncccc2-c2ncnc(CCCN3CCCC3)n2)c1. The van der Waals surface area contributed by atoms with Crippen LogP contribution in [0.2, 0.25) is 0 Å². The van der Waals surface area contributed by atoms with Crippen LogP contribution in [0.25, 0.3) is 11.4 Å². The van der Waals surface area contributed by atoms with Crippen LogP contribution in [0.15, 0.2) is 61.1 Å². The fourth-order valence-corrected chi connectivity index (χ4v) is 6.35. The van der Waals surface area contributed by atoms with Crippen LogP contribution >= 0.6 is 0 Å². The van der Waals surface area contributed by atoms with Crippen LogP contribution in [0.4, 0.5) is 5.69 Å². The fourth-order valence-electron chi connectivity index (χ4n) is 6.35. The molecule has 1 saturated heterocycles. The van der Waals surface area contributed by atoms with Crippen molar-refractivity contribution in [3.8, 4) is 28.8 Å². The maximum atomic E-state index is 13.5. The summed E-state index contributed by atoms with van der Waals surface area (Å²) in [7, 11) is 1.62. The predicted molar refractivity (Wildman–Crippen MR) is 175 cm³/mol. The minimum Gasteiger partial charge on any atom is -0.495 e. The van der Waals surface area contributed by atoms with Gasteiger partial charge in [0.2, 0.25) is 5.88 Å². The lowest BCUT2D eigenvalue weighted by Gasteiger charge is -2.23. The van der Waals surface area contributed by atoms with Gasteiger partial charge in [0.1, 0.15) is 23.7 Å². The number of nitrogens with one attached hydrogen (secondary N) is 1. The summed E-state index contributed by atoms with van der Waals surface area (Å²) >= 11 is 0. The number of rotatable bonds is 11. The Hall–Kier alpha value is -4.37. The van der Waals surface area contributed by atoms with Gasteiger partial charge >= 0.3 is 0 Å². The number of pyridine rings is 1. The molecule has 1 N–H and O–H groups in total. The van der Waals surface area contributed by atoms with Gasteiger partial charge in [-0.05, 0) is 112 Å². The Balaban J connectivity index is 1.18. The highest BCUT2D eigenvalue weighted by Gasteiger charge is 2.20. The van der Waals surface area contributed by atoms with E-state index in [0.29, 0.717) is 45.9 Å². The maximum Gasteiger partial charge on any atom is 0.255 e. The molecule has 0 radical (unpaired) electrons. The zero-order valence-electron chi connectivity index (χ0n) is 26.3. The molecule has 9 nitrogen and oxygen atoms in total. The second-order valence-electron chi connectivity index (χ2n) is 12.1. The Morgan fingerprint density at radius 3 is 2.62 bits per heavy atom. The highest BCUT2D eigenvalue weighted by atomic mass is 16.5. The molecule has 0 unspecified atom stereocenters. The standard InChI is InChI=1S/C36H42N6O3/c1-25-14-15-28(35(43)40-30-22-27(16-17-31(30)44-2)26-10-4-3-5-11-26)23-32(25)45-36-29(12-8-18-37-36)34-39-24-38-33(41-34)13-9-21-42-19-6-7-20-42/h8,12,14-18,22-24,26H,3-7,9-11,13,19-21H2,1-2H3,(H,40,43). The molecule has 9 heteroatoms. The molecule has 45 heavy (non-hydrogen) atoms. The number of carbonyl (C=O) groups is 1. The van der Waals surface area contributed by atoms with Gasteiger partial charge in [0.05, 0.1) is 18.4 Å². The van der Waals surface area contributed by atoms with Crippen LogP contribution in [0, 0.1) is 6.92 Å². The van der Waals surface area contributed by atoms with Crippen molar-refractivity contribution in [2.75, 3.05) is 32.1 Å². The van der Waals surface area contributed by atoms with Gasteiger partial charge in [-0.1, -0.05) is 31.4 Å². The van der Waals surface area contributed by atoms with Crippen LogP contribution in [-0.2, 0) is 6.42 Å². The summed E-state index contributed by atoms with van der Waals surface area (Å²) in [4.78, 5) is 34.1. The smallest absolute Gasteiger partial charge is 0.255 e. The van der Waals surface area contributed by atoms with Crippen molar-refractivity contribution in [2.45, 2.75) is 70.6 Å². The normalized spacial score (nSPS) is 15.6. The lowest BCUT2D eigenvalue weighted by atomic mass is 9.84. The van der Waals surface area contributed by atoms with Gasteiger partial charge in [-0.3, -0.25) is 4.79 Å². The quantitative estimate of drug-likeness (QED) is 0.189. The number of ether oxygens (including phenoxy) is 2. The third-order valence-corrected chi connectivity index (χ3v) is 8.91. The van der Waals surface area contributed by atoms with Crippen LogP contribution < -0.4 is 14.8 Å². The Kier molecular flexibility index (Phi) is 9.95. The molecular weight excluding hydrogens is 564 g/mol. The number of nitrogens with zero attached hydrogens (tertiary/aromatic N) is 5. The molecule has 1 amide bonds. The zero-order chi connectivity index (χ0) is 31.0. The van der Waals surface area contributed by atoms with Crippen LogP contribution in [0.3, 0.4) is 0 Å². The summed E-state index contributed by atoms with van der Waals surface area (Å²) in [6.45, 7) is 5.37. The van der Waals surface area contributed by atoms with Crippen LogP contribution in [0.5, 0.6) is 17.4 Å². The Bertz CT molecular complexity index is 1610. The summed E-state index contributed by atoms with van der Waals surface area (Å²) in [6, 6.07) is 15.3. The Morgan fingerprint density at radius 2 is 1.80 bits per heavy atom. The zero-order valence-corrected chi connectivity index (χ0v) is 26.3. The van der Waals surface area contributed by atoms with Crippen molar-refractivity contribution in [2.24, 2.45) is 0 Å². The van der Waals surface area contributed by atoms with Gasteiger partial charge in [0.15, 0.2) is 5.82 Å². The minimum atomic E-state index is -0.240. The van der Waals surface area contributed by atoms with Crippen molar-refractivity contribution in [3.63, 3.8) is 0 Å². The molecule has 2 aromatic carbocycles. The van der Waals surface area contributed by atoms with Gasteiger partial charge in [-0.25, -0.2) is 19.9 Å². The van der Waals surface area contributed by atoms with E-state index in [2.05, 4.69) is 37.3 Å². The molecule has 1 saturated carbocycles. The molecular formula is C36H42N6O3. The Morgan fingerprint density at radius 1 is 0.956 bits per heavy atom. The average Bonchev–Trinajstić information content (AvgIpc) is 3.60. The van der Waals surface area contributed by atoms with Gasteiger partial charge in [0, 0.05) is 18.2 Å². The van der Waals surface area contributed by atoms with Gasteiger partial charge in [-0.2, -0.15) is 0 Å². The van der Waals surface area contributed by atoms with Crippen molar-refractivity contribution in [1.29, 1.82) is 0 Å². The number of methoxy groups -OCH3 is 1. The lowest BCUT2D eigenvalue weighted by molar-refractivity contribution is 0.102. The number of carbonyl (C=O) groups excluding carboxylic acids is 1. The van der Waals surface area contributed by atoms with Crippen molar-refractivity contribution in [3.05, 3.63) is 83.6 Å². The average molecular weight is 607 g/mol. The molecule has 234 valence electrons. The molecule has 0 atom stereocenters. The van der Waals surface area contributed by atoms with Crippen molar-refractivity contribution < 1.29 is 14.3 Å². The first kappa shape index (κ1) is 30.6. The van der Waals surface area contributed by atoms with E-state index in [1.807, 2.05) is 31.2 Å². The van der Waals surface area contributed by atoms with E-state index in [0.717, 1.165) is 30.8 Å². The third-order valence-electron chi connectivity index (χ3n) is 8.91. The van der Waals surface area contributed by atoms with Gasteiger partial charge < -0.3 is 19.7 Å². The summed E-state index contributed by atoms with van der Waals surface area (Å²) in [5, 5.41) is 3.08.